The second-order valence-electron chi connectivity index (χ2n) is 6.28. The van der Waals surface area contributed by atoms with Crippen LogP contribution in [0.3, 0.4) is 0 Å². The molecule has 0 spiro atoms. The summed E-state index contributed by atoms with van der Waals surface area (Å²) in [5.74, 6) is -0.539. The van der Waals surface area contributed by atoms with E-state index in [0.29, 0.717) is 32.6 Å². The molecular weight excluding hydrogens is 401 g/mol. The molecular formula is C21H19Cl2NO4. The highest BCUT2D eigenvalue weighted by Crippen LogP contribution is 2.39. The van der Waals surface area contributed by atoms with Gasteiger partial charge in [-0.1, -0.05) is 53.5 Å². The molecule has 0 radical (unpaired) electrons. The van der Waals surface area contributed by atoms with Crippen molar-refractivity contribution in [1.82, 2.24) is 5.32 Å². The molecule has 1 atom stereocenters. The first-order valence-corrected chi connectivity index (χ1v) is 9.52. The number of hydrogen-bond acceptors (Lipinski definition) is 4. The van der Waals surface area contributed by atoms with Gasteiger partial charge in [-0.3, -0.25) is 4.79 Å². The van der Waals surface area contributed by atoms with E-state index in [-0.39, 0.29) is 25.5 Å². The Bertz CT molecular complexity index is 912. The number of rotatable bonds is 6. The van der Waals surface area contributed by atoms with Crippen LogP contribution in [0, 0.1) is 0 Å². The Kier molecular flexibility index (Phi) is 6.60. The summed E-state index contributed by atoms with van der Waals surface area (Å²) in [6.07, 6.45) is 0.0857. The minimum atomic E-state index is -0.525. The van der Waals surface area contributed by atoms with Gasteiger partial charge in [0.2, 0.25) is 5.91 Å². The first kappa shape index (κ1) is 20.2. The smallest absolute Gasteiger partial charge is 0.336 e. The van der Waals surface area contributed by atoms with Gasteiger partial charge in [0, 0.05) is 18.0 Å². The van der Waals surface area contributed by atoms with Crippen LogP contribution < -0.4 is 10.1 Å². The van der Waals surface area contributed by atoms with Crippen molar-refractivity contribution in [2.24, 2.45) is 0 Å². The lowest BCUT2D eigenvalue weighted by Crippen LogP contribution is -2.34. The third-order valence-corrected chi connectivity index (χ3v) is 5.21. The minimum absolute atomic E-state index is 0.0778. The molecule has 2 aromatic rings. The Labute approximate surface area is 173 Å². The molecule has 0 bridgehead atoms. The van der Waals surface area contributed by atoms with E-state index >= 15 is 0 Å². The van der Waals surface area contributed by atoms with Crippen molar-refractivity contribution in [1.29, 1.82) is 0 Å². The summed E-state index contributed by atoms with van der Waals surface area (Å²) in [7, 11) is 0. The van der Waals surface area contributed by atoms with E-state index in [9.17, 15) is 9.59 Å². The lowest BCUT2D eigenvalue weighted by molar-refractivity contribution is -0.140. The van der Waals surface area contributed by atoms with E-state index in [4.69, 9.17) is 32.7 Å². The summed E-state index contributed by atoms with van der Waals surface area (Å²) in [4.78, 5) is 24.8. The van der Waals surface area contributed by atoms with Crippen LogP contribution in [0.15, 0.2) is 59.8 Å². The predicted octanol–water partition coefficient (Wildman–Crippen LogP) is 4.49. The summed E-state index contributed by atoms with van der Waals surface area (Å²) in [6.45, 7) is 1.96. The molecule has 2 aromatic carbocycles. The largest absolute Gasteiger partial charge is 0.490 e. The number of allylic oxidation sites excluding steroid dienone is 1. The third kappa shape index (κ3) is 4.66. The van der Waals surface area contributed by atoms with Crippen molar-refractivity contribution in [3.8, 4) is 5.75 Å². The third-order valence-electron chi connectivity index (χ3n) is 4.37. The van der Waals surface area contributed by atoms with Gasteiger partial charge in [-0.15, -0.1) is 0 Å². The molecule has 0 saturated heterocycles. The van der Waals surface area contributed by atoms with E-state index in [1.807, 2.05) is 30.3 Å². The molecule has 5 nitrogen and oxygen atoms in total. The molecule has 0 aromatic heterocycles. The van der Waals surface area contributed by atoms with E-state index in [0.717, 1.165) is 0 Å². The average Bonchev–Trinajstić information content (AvgIpc) is 2.67. The van der Waals surface area contributed by atoms with Crippen molar-refractivity contribution in [3.63, 3.8) is 0 Å². The van der Waals surface area contributed by atoms with E-state index in [1.54, 1.807) is 25.1 Å². The number of esters is 1. The van der Waals surface area contributed by atoms with Crippen LogP contribution in [0.5, 0.6) is 5.75 Å². The van der Waals surface area contributed by atoms with Crippen molar-refractivity contribution in [2.75, 3.05) is 13.2 Å². The quantitative estimate of drug-likeness (QED) is 0.553. The highest BCUT2D eigenvalue weighted by atomic mass is 35.5. The lowest BCUT2D eigenvalue weighted by Gasteiger charge is -2.27. The number of ether oxygens (including phenoxy) is 2. The topological polar surface area (TPSA) is 64.6 Å². The zero-order valence-electron chi connectivity index (χ0n) is 15.2. The fourth-order valence-electron chi connectivity index (χ4n) is 3.12. The van der Waals surface area contributed by atoms with Crippen LogP contribution in [-0.4, -0.2) is 25.1 Å². The Balaban J connectivity index is 1.73. The van der Waals surface area contributed by atoms with Gasteiger partial charge in [-0.05, 0) is 30.7 Å². The zero-order chi connectivity index (χ0) is 20.1. The van der Waals surface area contributed by atoms with Gasteiger partial charge >= 0.3 is 5.97 Å². The average molecular weight is 420 g/mol. The standard InChI is InChI=1S/C21H19Cl2NO4/c1-13-19(21(26)28-11-10-27-14-6-3-2-4-7-14)16(12-18(25)24-13)15-8-5-9-17(22)20(15)23/h2-9,16H,10-12H2,1H3,(H,24,25). The number of carbonyl (C=O) groups is 2. The molecule has 1 amide bonds. The second kappa shape index (κ2) is 9.13. The number of para-hydroxylation sites is 1. The van der Waals surface area contributed by atoms with Crippen LogP contribution in [-0.2, 0) is 14.3 Å². The van der Waals surface area contributed by atoms with Gasteiger partial charge in [0.1, 0.15) is 19.0 Å². The van der Waals surface area contributed by atoms with Crippen LogP contribution in [0.1, 0.15) is 24.8 Å². The highest BCUT2D eigenvalue weighted by Gasteiger charge is 2.34. The predicted molar refractivity (Wildman–Crippen MR) is 108 cm³/mol. The maximum Gasteiger partial charge on any atom is 0.336 e. The summed E-state index contributed by atoms with van der Waals surface area (Å²) in [5.41, 5.74) is 1.44. The molecule has 0 saturated carbocycles. The molecule has 0 aliphatic carbocycles. The van der Waals surface area contributed by atoms with Gasteiger partial charge < -0.3 is 14.8 Å². The lowest BCUT2D eigenvalue weighted by atomic mass is 9.84. The van der Waals surface area contributed by atoms with Crippen molar-refractivity contribution >= 4 is 35.1 Å². The number of amides is 1. The molecule has 1 heterocycles. The molecule has 0 fully saturated rings. The van der Waals surface area contributed by atoms with Crippen molar-refractivity contribution in [3.05, 3.63) is 75.4 Å². The number of carbonyl (C=O) groups excluding carboxylic acids is 2. The molecule has 3 rings (SSSR count). The monoisotopic (exact) mass is 419 g/mol. The summed E-state index contributed by atoms with van der Waals surface area (Å²) >= 11 is 12.4. The second-order valence-corrected chi connectivity index (χ2v) is 7.07. The van der Waals surface area contributed by atoms with Gasteiger partial charge in [-0.2, -0.15) is 0 Å². The number of halogens is 2. The number of hydrogen-bond donors (Lipinski definition) is 1. The zero-order valence-corrected chi connectivity index (χ0v) is 16.7. The molecule has 1 aliphatic rings. The summed E-state index contributed by atoms with van der Waals surface area (Å²) < 4.78 is 10.9. The Hall–Kier alpha value is -2.50. The van der Waals surface area contributed by atoms with Gasteiger partial charge in [0.25, 0.3) is 0 Å². The first-order valence-electron chi connectivity index (χ1n) is 8.77. The van der Waals surface area contributed by atoms with Crippen LogP contribution in [0.25, 0.3) is 0 Å². The van der Waals surface area contributed by atoms with E-state index in [2.05, 4.69) is 5.32 Å². The van der Waals surface area contributed by atoms with Gasteiger partial charge in [0.15, 0.2) is 0 Å². The molecule has 1 N–H and O–H groups in total. The number of nitrogens with one attached hydrogen (secondary N) is 1. The van der Waals surface area contributed by atoms with Crippen LogP contribution >= 0.6 is 23.2 Å². The van der Waals surface area contributed by atoms with Crippen molar-refractivity contribution < 1.29 is 19.1 Å². The Morgan fingerprint density at radius 2 is 1.86 bits per heavy atom. The molecule has 1 unspecified atom stereocenters. The van der Waals surface area contributed by atoms with Gasteiger partial charge in [0.05, 0.1) is 15.6 Å². The fraction of sp³-hybridized carbons (Fsp3) is 0.238. The SMILES string of the molecule is CC1=C(C(=O)OCCOc2ccccc2)C(c2cccc(Cl)c2Cl)CC(=O)N1. The number of benzene rings is 2. The normalized spacial score (nSPS) is 16.5. The summed E-state index contributed by atoms with van der Waals surface area (Å²) in [5, 5.41) is 3.39. The van der Waals surface area contributed by atoms with E-state index in [1.165, 1.54) is 0 Å². The summed E-state index contributed by atoms with van der Waals surface area (Å²) in [6, 6.07) is 14.4. The molecule has 7 heteroatoms. The molecule has 28 heavy (non-hydrogen) atoms. The maximum absolute atomic E-state index is 12.7. The van der Waals surface area contributed by atoms with Gasteiger partial charge in [-0.25, -0.2) is 4.79 Å². The fourth-order valence-corrected chi connectivity index (χ4v) is 3.55. The maximum atomic E-state index is 12.7. The Morgan fingerprint density at radius 1 is 1.11 bits per heavy atom. The minimum Gasteiger partial charge on any atom is -0.490 e. The van der Waals surface area contributed by atoms with Crippen molar-refractivity contribution in [2.45, 2.75) is 19.3 Å². The highest BCUT2D eigenvalue weighted by molar-refractivity contribution is 6.42. The first-order chi connectivity index (χ1) is 13.5. The Morgan fingerprint density at radius 3 is 2.61 bits per heavy atom. The molecule has 146 valence electrons. The van der Waals surface area contributed by atoms with Crippen LogP contribution in [0.4, 0.5) is 0 Å². The molecule has 1 aliphatic heterocycles. The van der Waals surface area contributed by atoms with Crippen LogP contribution in [0.2, 0.25) is 10.0 Å². The van der Waals surface area contributed by atoms with E-state index < -0.39 is 11.9 Å².